The van der Waals surface area contributed by atoms with Gasteiger partial charge in [-0.05, 0) is 38.7 Å². The summed E-state index contributed by atoms with van der Waals surface area (Å²) in [5.41, 5.74) is 0.895. The van der Waals surface area contributed by atoms with Crippen molar-refractivity contribution in [1.29, 1.82) is 0 Å². The first-order valence-electron chi connectivity index (χ1n) is 7.80. The Morgan fingerprint density at radius 2 is 1.96 bits per heavy atom. The van der Waals surface area contributed by atoms with Crippen molar-refractivity contribution in [2.24, 2.45) is 0 Å². The van der Waals surface area contributed by atoms with E-state index in [0.29, 0.717) is 5.70 Å². The van der Waals surface area contributed by atoms with Crippen LogP contribution in [0.5, 0.6) is 0 Å². The largest absolute Gasteiger partial charge is 0.459 e. The zero-order valence-corrected chi connectivity index (χ0v) is 12.9. The maximum absolute atomic E-state index is 14.1. The van der Waals surface area contributed by atoms with Crippen molar-refractivity contribution < 1.29 is 18.7 Å². The van der Waals surface area contributed by atoms with Crippen LogP contribution in [-0.4, -0.2) is 18.1 Å². The number of urea groups is 1. The van der Waals surface area contributed by atoms with E-state index in [2.05, 4.69) is 10.6 Å². The standard InChI is InChI=1S/C17H19FN2O3/c1-10-14(16(21)23-11-6-2-3-7-11)15(20-17(22)19-10)12-8-4-5-9-13(12)18/h4-5,8-9,11,15H,2-3,6-7H2,1H3,(H2,19,20,22)/t15-/m0/s1. The van der Waals surface area contributed by atoms with Gasteiger partial charge in [0, 0.05) is 11.3 Å². The van der Waals surface area contributed by atoms with Crippen molar-refractivity contribution in [2.45, 2.75) is 44.8 Å². The lowest BCUT2D eigenvalue weighted by atomic mass is 9.95. The quantitative estimate of drug-likeness (QED) is 0.842. The van der Waals surface area contributed by atoms with Crippen molar-refractivity contribution in [1.82, 2.24) is 10.6 Å². The summed E-state index contributed by atoms with van der Waals surface area (Å²) < 4.78 is 19.7. The van der Waals surface area contributed by atoms with Gasteiger partial charge in [-0.2, -0.15) is 0 Å². The molecule has 3 rings (SSSR count). The Morgan fingerprint density at radius 3 is 2.65 bits per heavy atom. The maximum atomic E-state index is 14.1. The van der Waals surface area contributed by atoms with Gasteiger partial charge in [-0.3, -0.25) is 0 Å². The highest BCUT2D eigenvalue weighted by atomic mass is 19.1. The number of benzene rings is 1. The van der Waals surface area contributed by atoms with Crippen LogP contribution in [0.4, 0.5) is 9.18 Å². The molecule has 122 valence electrons. The van der Waals surface area contributed by atoms with Gasteiger partial charge in [0.2, 0.25) is 0 Å². The molecule has 0 aromatic heterocycles. The van der Waals surface area contributed by atoms with Crippen molar-refractivity contribution >= 4 is 12.0 Å². The number of halogens is 1. The van der Waals surface area contributed by atoms with Crippen LogP contribution >= 0.6 is 0 Å². The molecule has 2 amide bonds. The summed E-state index contributed by atoms with van der Waals surface area (Å²) in [6, 6.07) is 4.78. The Morgan fingerprint density at radius 1 is 1.26 bits per heavy atom. The SMILES string of the molecule is CC1=C(C(=O)OC2CCCC2)[C@H](c2ccccc2F)NC(=O)N1. The number of rotatable bonds is 3. The average molecular weight is 318 g/mol. The third-order valence-corrected chi connectivity index (χ3v) is 4.28. The van der Waals surface area contributed by atoms with Crippen LogP contribution in [0, 0.1) is 5.82 Å². The van der Waals surface area contributed by atoms with Crippen molar-refractivity contribution in [2.75, 3.05) is 0 Å². The molecule has 0 saturated heterocycles. The molecule has 0 spiro atoms. The van der Waals surface area contributed by atoms with E-state index in [1.807, 2.05) is 0 Å². The van der Waals surface area contributed by atoms with Gasteiger partial charge < -0.3 is 15.4 Å². The summed E-state index contributed by atoms with van der Waals surface area (Å²) in [7, 11) is 0. The van der Waals surface area contributed by atoms with Crippen LogP contribution < -0.4 is 10.6 Å². The highest BCUT2D eigenvalue weighted by molar-refractivity contribution is 5.95. The lowest BCUT2D eigenvalue weighted by Crippen LogP contribution is -2.45. The predicted molar refractivity (Wildman–Crippen MR) is 81.9 cm³/mol. The fourth-order valence-corrected chi connectivity index (χ4v) is 3.13. The molecular weight excluding hydrogens is 299 g/mol. The predicted octanol–water partition coefficient (Wildman–Crippen LogP) is 2.94. The summed E-state index contributed by atoms with van der Waals surface area (Å²) in [5, 5.41) is 5.17. The number of hydrogen-bond acceptors (Lipinski definition) is 3. The minimum Gasteiger partial charge on any atom is -0.459 e. The van der Waals surface area contributed by atoms with Gasteiger partial charge in [-0.1, -0.05) is 18.2 Å². The van der Waals surface area contributed by atoms with Gasteiger partial charge in [0.15, 0.2) is 0 Å². The number of amides is 2. The highest BCUT2D eigenvalue weighted by Gasteiger charge is 2.34. The number of hydrogen-bond donors (Lipinski definition) is 2. The maximum Gasteiger partial charge on any atom is 0.338 e. The second-order valence-corrected chi connectivity index (χ2v) is 5.90. The molecule has 2 N–H and O–H groups in total. The van der Waals surface area contributed by atoms with E-state index in [0.717, 1.165) is 25.7 Å². The second-order valence-electron chi connectivity index (χ2n) is 5.90. The van der Waals surface area contributed by atoms with Crippen LogP contribution in [0.2, 0.25) is 0 Å². The van der Waals surface area contributed by atoms with Crippen molar-refractivity contribution in [3.8, 4) is 0 Å². The Balaban J connectivity index is 1.92. The van der Waals surface area contributed by atoms with Crippen molar-refractivity contribution in [3.05, 3.63) is 46.9 Å². The third kappa shape index (κ3) is 3.21. The lowest BCUT2D eigenvalue weighted by molar-refractivity contribution is -0.144. The van der Waals surface area contributed by atoms with E-state index in [1.54, 1.807) is 25.1 Å². The average Bonchev–Trinajstić information content (AvgIpc) is 2.99. The molecule has 2 aliphatic rings. The molecule has 0 radical (unpaired) electrons. The van der Waals surface area contributed by atoms with Crippen LogP contribution in [-0.2, 0) is 9.53 Å². The van der Waals surface area contributed by atoms with Crippen LogP contribution in [0.15, 0.2) is 35.5 Å². The van der Waals surface area contributed by atoms with E-state index in [4.69, 9.17) is 4.74 Å². The third-order valence-electron chi connectivity index (χ3n) is 4.28. The number of nitrogens with one attached hydrogen (secondary N) is 2. The molecule has 5 nitrogen and oxygen atoms in total. The topological polar surface area (TPSA) is 67.4 Å². The van der Waals surface area contributed by atoms with E-state index >= 15 is 0 Å². The molecule has 23 heavy (non-hydrogen) atoms. The molecule has 1 aliphatic carbocycles. The molecule has 1 heterocycles. The van der Waals surface area contributed by atoms with Gasteiger partial charge in [0.1, 0.15) is 11.9 Å². The van der Waals surface area contributed by atoms with Crippen LogP contribution in [0.25, 0.3) is 0 Å². The van der Waals surface area contributed by atoms with Gasteiger partial charge in [-0.15, -0.1) is 0 Å². The Kier molecular flexibility index (Phi) is 4.32. The molecule has 0 unspecified atom stereocenters. The molecule has 1 saturated carbocycles. The zero-order valence-electron chi connectivity index (χ0n) is 12.9. The summed E-state index contributed by atoms with van der Waals surface area (Å²) in [6.45, 7) is 1.62. The molecule has 1 atom stereocenters. The zero-order chi connectivity index (χ0) is 16.4. The Bertz CT molecular complexity index is 666. The molecule has 6 heteroatoms. The van der Waals surface area contributed by atoms with E-state index in [-0.39, 0.29) is 17.2 Å². The Labute approximate surface area is 133 Å². The van der Waals surface area contributed by atoms with E-state index in [9.17, 15) is 14.0 Å². The lowest BCUT2D eigenvalue weighted by Gasteiger charge is -2.29. The van der Waals surface area contributed by atoms with Crippen LogP contribution in [0.1, 0.15) is 44.2 Å². The summed E-state index contributed by atoms with van der Waals surface area (Å²) >= 11 is 0. The number of carbonyl (C=O) groups excluding carboxylic acids is 2. The minimum atomic E-state index is -0.848. The van der Waals surface area contributed by atoms with E-state index < -0.39 is 23.9 Å². The number of carbonyl (C=O) groups is 2. The fraction of sp³-hybridized carbons (Fsp3) is 0.412. The van der Waals surface area contributed by atoms with Gasteiger partial charge in [0.25, 0.3) is 0 Å². The molecule has 1 aliphatic heterocycles. The fourth-order valence-electron chi connectivity index (χ4n) is 3.13. The molecule has 1 aromatic rings. The van der Waals surface area contributed by atoms with Crippen molar-refractivity contribution in [3.63, 3.8) is 0 Å². The van der Waals surface area contributed by atoms with Gasteiger partial charge in [-0.25, -0.2) is 14.0 Å². The van der Waals surface area contributed by atoms with E-state index in [1.165, 1.54) is 6.07 Å². The van der Waals surface area contributed by atoms with Gasteiger partial charge in [0.05, 0.1) is 11.6 Å². The molecular formula is C17H19FN2O3. The summed E-state index contributed by atoms with van der Waals surface area (Å²) in [4.78, 5) is 24.3. The normalized spacial score (nSPS) is 21.8. The first kappa shape index (κ1) is 15.5. The summed E-state index contributed by atoms with van der Waals surface area (Å²) in [6.07, 6.45) is 3.69. The number of ether oxygens (including phenoxy) is 1. The highest BCUT2D eigenvalue weighted by Crippen LogP contribution is 2.31. The number of allylic oxidation sites excluding steroid dienone is 1. The van der Waals surface area contributed by atoms with Crippen LogP contribution in [0.3, 0.4) is 0 Å². The number of esters is 1. The molecule has 0 bridgehead atoms. The summed E-state index contributed by atoms with van der Waals surface area (Å²) in [5.74, 6) is -0.978. The smallest absolute Gasteiger partial charge is 0.338 e. The second kappa shape index (κ2) is 6.40. The first-order valence-corrected chi connectivity index (χ1v) is 7.80. The van der Waals surface area contributed by atoms with Gasteiger partial charge >= 0.3 is 12.0 Å². The first-order chi connectivity index (χ1) is 11.1. The Hall–Kier alpha value is -2.37. The monoisotopic (exact) mass is 318 g/mol. The molecule has 1 fully saturated rings. The minimum absolute atomic E-state index is 0.0956. The molecule has 1 aromatic carbocycles.